The lowest BCUT2D eigenvalue weighted by atomic mass is 9.99. The molecule has 1 rings (SSSR count). The third-order valence-corrected chi connectivity index (χ3v) is 6.26. The van der Waals surface area contributed by atoms with Crippen molar-refractivity contribution in [1.29, 1.82) is 0 Å². The number of amides is 6. The van der Waals surface area contributed by atoms with Gasteiger partial charge in [0, 0.05) is 20.1 Å². The Morgan fingerprint density at radius 3 is 2.12 bits per heavy atom. The maximum atomic E-state index is 13.4. The van der Waals surface area contributed by atoms with E-state index < -0.39 is 36.1 Å². The molecule has 0 aromatic rings. The Bertz CT molecular complexity index is 771. The van der Waals surface area contributed by atoms with E-state index in [-0.39, 0.29) is 29.7 Å². The smallest absolute Gasteiger partial charge is 0.321 e. The molecule has 0 saturated carbocycles. The predicted octanol–water partition coefficient (Wildman–Crippen LogP) is 0.0532. The zero-order valence-electron chi connectivity index (χ0n) is 21.9. The molecule has 0 aromatic heterocycles. The van der Waals surface area contributed by atoms with Crippen LogP contribution in [0.2, 0.25) is 0 Å². The van der Waals surface area contributed by atoms with Crippen LogP contribution in [0.25, 0.3) is 0 Å². The molecule has 5 atom stereocenters. The number of nitrogens with one attached hydrogen (secondary N) is 4. The van der Waals surface area contributed by atoms with Gasteiger partial charge in [0.1, 0.15) is 18.1 Å². The molecular formula is C23H42N6O5. The van der Waals surface area contributed by atoms with Crippen molar-refractivity contribution >= 4 is 29.7 Å². The Morgan fingerprint density at radius 2 is 1.65 bits per heavy atom. The maximum Gasteiger partial charge on any atom is 0.321 e. The highest BCUT2D eigenvalue weighted by Gasteiger charge is 2.46. The lowest BCUT2D eigenvalue weighted by molar-refractivity contribution is -0.146. The molecule has 0 spiro atoms. The van der Waals surface area contributed by atoms with Crippen LogP contribution in [0, 0.1) is 11.8 Å². The first-order valence-electron chi connectivity index (χ1n) is 11.9. The van der Waals surface area contributed by atoms with Crippen molar-refractivity contribution in [2.45, 2.75) is 84.6 Å². The summed E-state index contributed by atoms with van der Waals surface area (Å²) in [5.74, 6) is -1.50. The van der Waals surface area contributed by atoms with Crippen molar-refractivity contribution in [3.05, 3.63) is 0 Å². The molecule has 11 nitrogen and oxygen atoms in total. The molecule has 1 saturated heterocycles. The molecule has 0 bridgehead atoms. The van der Waals surface area contributed by atoms with Crippen molar-refractivity contribution in [2.24, 2.45) is 11.8 Å². The summed E-state index contributed by atoms with van der Waals surface area (Å²) in [5.41, 5.74) is 0. The average molecular weight is 483 g/mol. The molecule has 11 heteroatoms. The van der Waals surface area contributed by atoms with Crippen molar-refractivity contribution in [1.82, 2.24) is 31.1 Å². The van der Waals surface area contributed by atoms with E-state index in [1.807, 2.05) is 27.7 Å². The van der Waals surface area contributed by atoms with Gasteiger partial charge in [0.15, 0.2) is 0 Å². The summed E-state index contributed by atoms with van der Waals surface area (Å²) in [7, 11) is 4.64. The topological polar surface area (TPSA) is 140 Å². The zero-order chi connectivity index (χ0) is 26.3. The zero-order valence-corrected chi connectivity index (χ0v) is 21.9. The summed E-state index contributed by atoms with van der Waals surface area (Å²) in [6, 6.07) is -3.86. The van der Waals surface area contributed by atoms with E-state index in [9.17, 15) is 24.0 Å². The largest absolute Gasteiger partial charge is 0.343 e. The first-order chi connectivity index (χ1) is 15.8. The fourth-order valence-electron chi connectivity index (χ4n) is 4.20. The third kappa shape index (κ3) is 7.15. The van der Waals surface area contributed by atoms with Crippen molar-refractivity contribution in [3.8, 4) is 0 Å². The van der Waals surface area contributed by atoms with Gasteiger partial charge < -0.3 is 25.8 Å². The second-order valence-electron chi connectivity index (χ2n) is 9.74. The minimum atomic E-state index is -0.888. The van der Waals surface area contributed by atoms with Crippen molar-refractivity contribution in [2.75, 3.05) is 21.1 Å². The number of carbonyl (C=O) groups excluding carboxylic acids is 5. The van der Waals surface area contributed by atoms with Crippen LogP contribution >= 0.6 is 0 Å². The third-order valence-electron chi connectivity index (χ3n) is 6.26. The molecule has 1 aliphatic heterocycles. The van der Waals surface area contributed by atoms with E-state index in [1.165, 1.54) is 16.8 Å². The number of likely N-dealkylation sites (tertiary alicyclic amines) is 1. The van der Waals surface area contributed by atoms with Gasteiger partial charge in [-0.25, -0.2) is 4.79 Å². The number of rotatable bonds is 10. The van der Waals surface area contributed by atoms with Gasteiger partial charge in [0.2, 0.25) is 17.7 Å². The number of hydrogen-bond acceptors (Lipinski definition) is 6. The fraction of sp³-hybridized carbons (Fsp3) is 0.783. The Balaban J connectivity index is 2.99. The molecule has 0 aromatic carbocycles. The van der Waals surface area contributed by atoms with E-state index in [2.05, 4.69) is 21.3 Å². The Labute approximate surface area is 202 Å². The van der Waals surface area contributed by atoms with Gasteiger partial charge in [-0.3, -0.25) is 24.5 Å². The molecule has 6 amide bonds. The molecule has 194 valence electrons. The lowest BCUT2D eigenvalue weighted by Gasteiger charge is -2.32. The predicted molar refractivity (Wildman–Crippen MR) is 129 cm³/mol. The minimum absolute atomic E-state index is 0.197. The number of likely N-dealkylation sites (N-methyl/N-ethyl adjacent to an activating group) is 2. The van der Waals surface area contributed by atoms with Gasteiger partial charge in [-0.05, 0) is 45.6 Å². The van der Waals surface area contributed by atoms with Crippen LogP contribution in [0.15, 0.2) is 0 Å². The summed E-state index contributed by atoms with van der Waals surface area (Å²) in [5, 5.41) is 10.3. The molecule has 1 fully saturated rings. The van der Waals surface area contributed by atoms with E-state index in [0.717, 1.165) is 0 Å². The fourth-order valence-corrected chi connectivity index (χ4v) is 4.20. The highest BCUT2D eigenvalue weighted by molar-refractivity contribution is 6.00. The van der Waals surface area contributed by atoms with Crippen LogP contribution in [-0.2, 0) is 19.2 Å². The molecular weight excluding hydrogens is 440 g/mol. The van der Waals surface area contributed by atoms with E-state index in [1.54, 1.807) is 27.9 Å². The minimum Gasteiger partial charge on any atom is -0.343 e. The van der Waals surface area contributed by atoms with Gasteiger partial charge in [-0.2, -0.15) is 0 Å². The quantitative estimate of drug-likeness (QED) is 0.347. The van der Waals surface area contributed by atoms with Gasteiger partial charge in [-0.15, -0.1) is 0 Å². The monoisotopic (exact) mass is 482 g/mol. The van der Waals surface area contributed by atoms with E-state index >= 15 is 0 Å². The summed E-state index contributed by atoms with van der Waals surface area (Å²) in [6.45, 7) is 11.1. The van der Waals surface area contributed by atoms with Gasteiger partial charge in [0.05, 0.1) is 6.04 Å². The normalized spacial score (nSPS) is 20.7. The summed E-state index contributed by atoms with van der Waals surface area (Å²) >= 11 is 0. The number of carbonyl (C=O) groups is 5. The van der Waals surface area contributed by atoms with Gasteiger partial charge >= 0.3 is 6.03 Å². The summed E-state index contributed by atoms with van der Waals surface area (Å²) in [4.78, 5) is 66.0. The van der Waals surface area contributed by atoms with E-state index in [4.69, 9.17) is 0 Å². The second-order valence-corrected chi connectivity index (χ2v) is 9.74. The van der Waals surface area contributed by atoms with E-state index in [0.29, 0.717) is 18.8 Å². The average Bonchev–Trinajstić information content (AvgIpc) is 3.06. The number of imide groups is 1. The van der Waals surface area contributed by atoms with Crippen LogP contribution in [-0.4, -0.2) is 90.8 Å². The Hall–Kier alpha value is -2.69. The summed E-state index contributed by atoms with van der Waals surface area (Å²) in [6.07, 6.45) is 0.963. The van der Waals surface area contributed by atoms with Crippen molar-refractivity contribution < 1.29 is 24.0 Å². The standard InChI is InChI=1S/C23H42N6O5/c1-12(2)10-16(24-7)20(31)26-18(13(3)4)22(33)28(9)17-11-14(5)29(21(17)32)15(6)19(30)27-23(34)25-8/h12-18,24H,10-11H2,1-9H3,(H,26,31)(H2,25,27,30,34)/t14?,15-,16+,17+,18+/m1/s1. The van der Waals surface area contributed by atoms with Crippen molar-refractivity contribution in [3.63, 3.8) is 0 Å². The molecule has 0 radical (unpaired) electrons. The molecule has 1 heterocycles. The Kier molecular flexibility index (Phi) is 10.9. The van der Waals surface area contributed by atoms with Gasteiger partial charge in [0.25, 0.3) is 5.91 Å². The highest BCUT2D eigenvalue weighted by atomic mass is 16.2. The first-order valence-corrected chi connectivity index (χ1v) is 11.9. The number of nitrogens with zero attached hydrogens (tertiary/aromatic N) is 2. The first kappa shape index (κ1) is 29.3. The molecule has 1 aliphatic rings. The SMILES string of the molecule is CNC(=O)NC(=O)[C@@H](C)N1C(=O)[C@@H](N(C)C(=O)[C@@H](NC(=O)[C@H](CC(C)C)NC)C(C)C)CC1C. The van der Waals surface area contributed by atoms with Crippen LogP contribution in [0.1, 0.15) is 54.4 Å². The highest BCUT2D eigenvalue weighted by Crippen LogP contribution is 2.26. The lowest BCUT2D eigenvalue weighted by Crippen LogP contribution is -2.57. The van der Waals surface area contributed by atoms with Crippen LogP contribution in [0.4, 0.5) is 4.79 Å². The number of hydrogen-bond donors (Lipinski definition) is 4. The Morgan fingerprint density at radius 1 is 1.06 bits per heavy atom. The van der Waals surface area contributed by atoms with Crippen LogP contribution < -0.4 is 21.3 Å². The molecule has 34 heavy (non-hydrogen) atoms. The molecule has 0 aliphatic carbocycles. The second kappa shape index (κ2) is 12.7. The molecule has 4 N–H and O–H groups in total. The van der Waals surface area contributed by atoms with Crippen LogP contribution in [0.5, 0.6) is 0 Å². The molecule has 1 unspecified atom stereocenters. The number of urea groups is 1. The van der Waals surface area contributed by atoms with Crippen LogP contribution in [0.3, 0.4) is 0 Å². The maximum absolute atomic E-state index is 13.4. The van der Waals surface area contributed by atoms with Gasteiger partial charge in [-0.1, -0.05) is 27.7 Å². The summed E-state index contributed by atoms with van der Waals surface area (Å²) < 4.78 is 0.